The second-order valence-electron chi connectivity index (χ2n) is 19.7. The molecule has 12 atom stereocenters. The van der Waals surface area contributed by atoms with Crippen molar-refractivity contribution < 1.29 is 63.3 Å². The van der Waals surface area contributed by atoms with Crippen LogP contribution in [0.2, 0.25) is 0 Å². The summed E-state index contributed by atoms with van der Waals surface area (Å²) >= 11 is 0. The van der Waals surface area contributed by atoms with E-state index < -0.39 is 132 Å². The zero-order chi connectivity index (χ0) is 57.7. The van der Waals surface area contributed by atoms with E-state index in [1.54, 1.807) is 13.8 Å². The summed E-state index contributed by atoms with van der Waals surface area (Å²) in [7, 11) is 0. The fourth-order valence-corrected chi connectivity index (χ4v) is 8.38. The van der Waals surface area contributed by atoms with Crippen molar-refractivity contribution in [2.75, 3.05) is 39.3 Å². The number of nitrogens with two attached hydrogens (primary N) is 7. The summed E-state index contributed by atoms with van der Waals surface area (Å²) in [5.74, 6) is -9.41. The molecule has 0 aromatic carbocycles. The number of amides is 9. The Kier molecular flexibility index (Phi) is 32.7. The lowest BCUT2D eigenvalue weighted by molar-refractivity contribution is -0.145. The molecule has 0 unspecified atom stereocenters. The van der Waals surface area contributed by atoms with E-state index in [1.807, 2.05) is 0 Å². The molecule has 76 heavy (non-hydrogen) atoms. The number of carbonyl (C=O) groups is 10. The Morgan fingerprint density at radius 2 is 0.711 bits per heavy atom. The average Bonchev–Trinajstić information content (AvgIpc) is 3.35. The number of carboxylic acid groups (broad SMARTS) is 1. The number of nitrogens with one attached hydrogen (secondary N) is 9. The topological polar surface area (TPSA) is 522 Å². The highest BCUT2D eigenvalue weighted by molar-refractivity contribution is 5.98. The minimum absolute atomic E-state index is 0.0145. The molecule has 0 bridgehead atoms. The summed E-state index contributed by atoms with van der Waals surface area (Å²) < 4.78 is 0. The summed E-state index contributed by atoms with van der Waals surface area (Å²) in [4.78, 5) is 135. The van der Waals surface area contributed by atoms with Crippen molar-refractivity contribution in [2.24, 2.45) is 52.0 Å². The smallest absolute Gasteiger partial charge is 0.328 e. The number of aliphatic carboxylic acids is 1. The van der Waals surface area contributed by atoms with Gasteiger partial charge in [0.1, 0.15) is 48.3 Å². The first kappa shape index (κ1) is 68.4. The Hall–Kier alpha value is -5.66. The molecule has 0 heterocycles. The van der Waals surface area contributed by atoms with Crippen LogP contribution in [0.1, 0.15) is 111 Å². The number of carboxylic acids is 1. The van der Waals surface area contributed by atoms with Crippen LogP contribution >= 0.6 is 0 Å². The number of rotatable bonds is 37. The third-order valence-electron chi connectivity index (χ3n) is 12.6. The first-order valence-corrected chi connectivity index (χ1v) is 26.2. The number of carbonyl (C=O) groups excluding carboxylic acids is 9. The van der Waals surface area contributed by atoms with Gasteiger partial charge in [-0.3, -0.25) is 43.2 Å². The van der Waals surface area contributed by atoms with Gasteiger partial charge in [0.25, 0.3) is 0 Å². The molecule has 9 amide bonds. The van der Waals surface area contributed by atoms with Crippen LogP contribution in [0.4, 0.5) is 0 Å². The zero-order valence-electron chi connectivity index (χ0n) is 44.5. The van der Waals surface area contributed by atoms with Crippen LogP contribution in [0.25, 0.3) is 0 Å². The van der Waals surface area contributed by atoms with Crippen molar-refractivity contribution in [3.05, 3.63) is 0 Å². The molecule has 1 saturated carbocycles. The Balaban J connectivity index is 3.42. The predicted octanol–water partition coefficient (Wildman–Crippen LogP) is -7.37. The molecule has 0 saturated heterocycles. The Morgan fingerprint density at radius 3 is 1.05 bits per heavy atom. The highest BCUT2D eigenvalue weighted by atomic mass is 16.4. The largest absolute Gasteiger partial charge is 0.480 e. The van der Waals surface area contributed by atoms with Gasteiger partial charge in [-0.15, -0.1) is 0 Å². The highest BCUT2D eigenvalue weighted by Gasteiger charge is 2.37. The third-order valence-corrected chi connectivity index (χ3v) is 12.6. The van der Waals surface area contributed by atoms with Crippen molar-refractivity contribution >= 4 is 59.1 Å². The van der Waals surface area contributed by atoms with Crippen LogP contribution in [0.5, 0.6) is 0 Å². The summed E-state index contributed by atoms with van der Waals surface area (Å²) in [6, 6.07) is -13.7. The molecule has 0 radical (unpaired) electrons. The molecule has 1 fully saturated rings. The fourth-order valence-electron chi connectivity index (χ4n) is 8.38. The maximum Gasteiger partial charge on any atom is 0.328 e. The lowest BCUT2D eigenvalue weighted by Gasteiger charge is -2.30. The van der Waals surface area contributed by atoms with Crippen LogP contribution in [0.3, 0.4) is 0 Å². The molecule has 0 aromatic rings. The van der Waals surface area contributed by atoms with Crippen LogP contribution in [-0.2, 0) is 47.9 Å². The molecule has 29 heteroatoms. The van der Waals surface area contributed by atoms with E-state index in [0.29, 0.717) is 0 Å². The van der Waals surface area contributed by atoms with Gasteiger partial charge in [-0.05, 0) is 116 Å². The standard InChI is InChI=1S/C47H90N16O13/c1-24(2)22-34(44(72)58-30(12-18-50)40(68)57-33(15-21-53)43(71)63-37(26(4)65)47(75)76)60-45(73)35(23-27-8-6-5-7-9-27)61-42(70)31(13-19-51)56-39(67)29(11-17-49)55-41(69)32(14-20-52)59-46(74)36(25(3)64)62-38(66)28(54)10-16-48/h24-37,64-65H,5-23,48-54H2,1-4H3,(H,55,69)(H,56,67)(H,57,68)(H,58,72)(H,59,74)(H,60,73)(H,61,70)(H,62,66)(H,63,71)(H,75,76)/t25-,26-,28+,29+,30+,31+,32+,33+,34+,35-,36+,37+/m1/s1. The van der Waals surface area contributed by atoms with Gasteiger partial charge in [0, 0.05) is 0 Å². The van der Waals surface area contributed by atoms with Gasteiger partial charge in [0.15, 0.2) is 6.04 Å². The second kappa shape index (κ2) is 36.4. The number of hydrogen-bond donors (Lipinski definition) is 19. The quantitative estimate of drug-likeness (QED) is 0.0275. The normalized spacial score (nSPS) is 17.5. The zero-order valence-corrected chi connectivity index (χ0v) is 44.5. The van der Waals surface area contributed by atoms with Gasteiger partial charge in [-0.25, -0.2) is 4.79 Å². The van der Waals surface area contributed by atoms with Crippen molar-refractivity contribution in [1.82, 2.24) is 47.9 Å². The highest BCUT2D eigenvalue weighted by Crippen LogP contribution is 2.27. The van der Waals surface area contributed by atoms with Gasteiger partial charge < -0.3 is 103 Å². The van der Waals surface area contributed by atoms with Gasteiger partial charge in [-0.1, -0.05) is 46.0 Å². The minimum Gasteiger partial charge on any atom is -0.480 e. The molecule has 26 N–H and O–H groups in total. The third kappa shape index (κ3) is 24.6. The Bertz CT molecular complexity index is 1880. The van der Waals surface area contributed by atoms with Crippen LogP contribution in [-0.4, -0.2) is 186 Å². The van der Waals surface area contributed by atoms with Crippen molar-refractivity contribution in [1.29, 1.82) is 0 Å². The molecule has 29 nitrogen and oxygen atoms in total. The minimum atomic E-state index is -1.70. The Morgan fingerprint density at radius 1 is 0.408 bits per heavy atom. The van der Waals surface area contributed by atoms with Gasteiger partial charge in [-0.2, -0.15) is 0 Å². The Labute approximate surface area is 444 Å². The number of aliphatic hydroxyl groups is 2. The van der Waals surface area contributed by atoms with E-state index in [1.165, 1.54) is 6.92 Å². The average molecular weight is 1090 g/mol. The summed E-state index contributed by atoms with van der Waals surface area (Å²) in [5, 5.41) is 52.3. The van der Waals surface area contributed by atoms with E-state index in [0.717, 1.165) is 39.0 Å². The van der Waals surface area contributed by atoms with Crippen molar-refractivity contribution in [3.8, 4) is 0 Å². The molecule has 436 valence electrons. The molecule has 1 aliphatic carbocycles. The molecule has 1 rings (SSSR count). The van der Waals surface area contributed by atoms with E-state index in [4.69, 9.17) is 40.1 Å². The monoisotopic (exact) mass is 1090 g/mol. The van der Waals surface area contributed by atoms with Crippen LogP contribution < -0.4 is 88.0 Å². The SMILES string of the molecule is CC(C)C[C@H](NC(=O)[C@@H](CC1CCCCC1)NC(=O)[C@H](CCN)NC(=O)[C@H](CCN)NC(=O)[C@H](CCN)NC(=O)[C@@H](NC(=O)[C@@H](N)CCN)[C@@H](C)O)C(=O)N[C@@H](CCN)C(=O)N[C@@H](CCN)C(=O)N[C@H](C(=O)O)[C@@H](C)O. The first-order valence-electron chi connectivity index (χ1n) is 26.2. The van der Waals surface area contributed by atoms with Crippen molar-refractivity contribution in [3.63, 3.8) is 0 Å². The lowest BCUT2D eigenvalue weighted by atomic mass is 9.84. The molecule has 0 spiro atoms. The summed E-state index contributed by atoms with van der Waals surface area (Å²) in [6.45, 7) is 5.46. The summed E-state index contributed by atoms with van der Waals surface area (Å²) in [5.41, 5.74) is 40.3. The van der Waals surface area contributed by atoms with E-state index in [2.05, 4.69) is 47.9 Å². The predicted molar refractivity (Wildman–Crippen MR) is 279 cm³/mol. The van der Waals surface area contributed by atoms with E-state index in [9.17, 15) is 63.3 Å². The number of hydrogen-bond acceptors (Lipinski definition) is 19. The molecular formula is C47H90N16O13. The molecule has 0 aliphatic heterocycles. The van der Waals surface area contributed by atoms with E-state index >= 15 is 0 Å². The van der Waals surface area contributed by atoms with Gasteiger partial charge in [0.05, 0.1) is 18.2 Å². The summed E-state index contributed by atoms with van der Waals surface area (Å²) in [6.07, 6.45) is 0.903. The number of aliphatic hydroxyl groups excluding tert-OH is 2. The fraction of sp³-hybridized carbons (Fsp3) is 0.787. The van der Waals surface area contributed by atoms with Crippen molar-refractivity contribution in [2.45, 2.75) is 184 Å². The first-order chi connectivity index (χ1) is 35.9. The second-order valence-corrected chi connectivity index (χ2v) is 19.7. The van der Waals surface area contributed by atoms with Crippen LogP contribution in [0, 0.1) is 11.8 Å². The molecular weight excluding hydrogens is 997 g/mol. The molecule has 0 aromatic heterocycles. The van der Waals surface area contributed by atoms with Gasteiger partial charge >= 0.3 is 5.97 Å². The molecule has 1 aliphatic rings. The maximum absolute atomic E-state index is 14.4. The van der Waals surface area contributed by atoms with Gasteiger partial charge in [0.2, 0.25) is 53.2 Å². The maximum atomic E-state index is 14.4. The lowest BCUT2D eigenvalue weighted by Crippen LogP contribution is -2.62. The van der Waals surface area contributed by atoms with Crippen LogP contribution in [0.15, 0.2) is 0 Å². The van der Waals surface area contributed by atoms with E-state index in [-0.39, 0.29) is 102 Å².